The Bertz CT molecular complexity index is 985. The third kappa shape index (κ3) is 3.88. The maximum atomic E-state index is 12.5. The summed E-state index contributed by atoms with van der Waals surface area (Å²) < 4.78 is 7.45. The van der Waals surface area contributed by atoms with Gasteiger partial charge in [0.15, 0.2) is 0 Å². The number of halogens is 1. The highest BCUT2D eigenvalue weighted by atomic mass is 79.9. The molecule has 0 aliphatic rings. The number of aromatic nitrogens is 2. The fourth-order valence-corrected chi connectivity index (χ4v) is 2.83. The summed E-state index contributed by atoms with van der Waals surface area (Å²) in [5.74, 6) is 0.385. The standard InChI is InChI=1S/C18H16BrN3O3/c1-25-16-5-3-2-4-15(16)21-17(23)8-9-22-11-20-14-7-6-12(19)10-13(14)18(22)24/h2-7,10-11H,8-9H2,1H3,(H,21,23). The number of rotatable bonds is 5. The summed E-state index contributed by atoms with van der Waals surface area (Å²) in [4.78, 5) is 28.9. The van der Waals surface area contributed by atoms with Gasteiger partial charge >= 0.3 is 0 Å². The van der Waals surface area contributed by atoms with Gasteiger partial charge < -0.3 is 10.1 Å². The van der Waals surface area contributed by atoms with Gasteiger partial charge in [0.05, 0.1) is 30.0 Å². The summed E-state index contributed by atoms with van der Waals surface area (Å²) in [5.41, 5.74) is 1.06. The van der Waals surface area contributed by atoms with E-state index in [9.17, 15) is 9.59 Å². The summed E-state index contributed by atoms with van der Waals surface area (Å²) in [6.45, 7) is 0.245. The lowest BCUT2D eigenvalue weighted by molar-refractivity contribution is -0.116. The normalized spacial score (nSPS) is 10.6. The van der Waals surface area contributed by atoms with Gasteiger partial charge in [0, 0.05) is 17.4 Å². The number of fused-ring (bicyclic) bond motifs is 1. The lowest BCUT2D eigenvalue weighted by atomic mass is 10.2. The molecule has 0 atom stereocenters. The molecule has 1 heterocycles. The van der Waals surface area contributed by atoms with Crippen molar-refractivity contribution in [2.75, 3.05) is 12.4 Å². The first-order chi connectivity index (χ1) is 12.1. The van der Waals surface area contributed by atoms with Crippen molar-refractivity contribution >= 4 is 38.4 Å². The number of ether oxygens (including phenoxy) is 1. The molecule has 1 amide bonds. The number of aryl methyl sites for hydroxylation is 1. The number of nitrogens with one attached hydrogen (secondary N) is 1. The molecule has 3 aromatic rings. The number of hydrogen-bond donors (Lipinski definition) is 1. The molecule has 0 radical (unpaired) electrons. The van der Waals surface area contributed by atoms with Crippen molar-refractivity contribution in [3.63, 3.8) is 0 Å². The molecule has 7 heteroatoms. The van der Waals surface area contributed by atoms with Crippen molar-refractivity contribution in [1.82, 2.24) is 9.55 Å². The summed E-state index contributed by atoms with van der Waals surface area (Å²) in [5, 5.41) is 3.31. The molecule has 0 aliphatic carbocycles. The van der Waals surface area contributed by atoms with E-state index < -0.39 is 0 Å². The van der Waals surface area contributed by atoms with Crippen molar-refractivity contribution in [2.24, 2.45) is 0 Å². The molecule has 0 saturated heterocycles. The summed E-state index contributed by atoms with van der Waals surface area (Å²) in [7, 11) is 1.55. The van der Waals surface area contributed by atoms with E-state index in [4.69, 9.17) is 4.74 Å². The van der Waals surface area contributed by atoms with Crippen molar-refractivity contribution < 1.29 is 9.53 Å². The molecule has 1 aromatic heterocycles. The molecule has 25 heavy (non-hydrogen) atoms. The van der Waals surface area contributed by atoms with E-state index in [1.807, 2.05) is 18.2 Å². The second-order valence-electron chi connectivity index (χ2n) is 5.40. The van der Waals surface area contributed by atoms with Crippen LogP contribution in [0.1, 0.15) is 6.42 Å². The maximum absolute atomic E-state index is 12.5. The van der Waals surface area contributed by atoms with Crippen LogP contribution in [0, 0.1) is 0 Å². The van der Waals surface area contributed by atoms with Crippen LogP contribution in [0.4, 0.5) is 5.69 Å². The molecule has 1 N–H and O–H groups in total. The Hall–Kier alpha value is -2.67. The van der Waals surface area contributed by atoms with E-state index in [2.05, 4.69) is 26.2 Å². The molecule has 0 aliphatic heterocycles. The number of methoxy groups -OCH3 is 1. The van der Waals surface area contributed by atoms with Crippen LogP contribution in [-0.4, -0.2) is 22.6 Å². The van der Waals surface area contributed by atoms with Crippen LogP contribution in [0.2, 0.25) is 0 Å². The molecule has 0 spiro atoms. The van der Waals surface area contributed by atoms with Crippen molar-refractivity contribution in [2.45, 2.75) is 13.0 Å². The molecular weight excluding hydrogens is 386 g/mol. The lowest BCUT2D eigenvalue weighted by Crippen LogP contribution is -2.23. The van der Waals surface area contributed by atoms with Crippen LogP contribution < -0.4 is 15.6 Å². The van der Waals surface area contributed by atoms with Crippen LogP contribution in [0.5, 0.6) is 5.75 Å². The summed E-state index contributed by atoms with van der Waals surface area (Å²) in [6, 6.07) is 12.5. The molecule has 0 bridgehead atoms. The fraction of sp³-hybridized carbons (Fsp3) is 0.167. The SMILES string of the molecule is COc1ccccc1NC(=O)CCn1cnc2ccc(Br)cc2c1=O. The number of hydrogen-bond acceptors (Lipinski definition) is 4. The van der Waals surface area contributed by atoms with Gasteiger partial charge in [-0.2, -0.15) is 0 Å². The average molecular weight is 402 g/mol. The number of para-hydroxylation sites is 2. The Morgan fingerprint density at radius 1 is 1.28 bits per heavy atom. The van der Waals surface area contributed by atoms with Crippen LogP contribution in [0.25, 0.3) is 10.9 Å². The zero-order valence-corrected chi connectivity index (χ0v) is 15.1. The van der Waals surface area contributed by atoms with Gasteiger partial charge in [0.2, 0.25) is 5.91 Å². The number of benzene rings is 2. The topological polar surface area (TPSA) is 73.2 Å². The average Bonchev–Trinajstić information content (AvgIpc) is 2.62. The third-order valence-corrected chi connectivity index (χ3v) is 4.24. The Labute approximate surface area is 152 Å². The van der Waals surface area contributed by atoms with E-state index in [-0.39, 0.29) is 24.4 Å². The number of carbonyl (C=O) groups is 1. The minimum Gasteiger partial charge on any atom is -0.495 e. The molecular formula is C18H16BrN3O3. The van der Waals surface area contributed by atoms with Gasteiger partial charge in [0.1, 0.15) is 5.75 Å². The van der Waals surface area contributed by atoms with Crippen molar-refractivity contribution in [3.8, 4) is 5.75 Å². The largest absolute Gasteiger partial charge is 0.495 e. The third-order valence-electron chi connectivity index (χ3n) is 3.75. The number of anilines is 1. The molecule has 0 unspecified atom stereocenters. The second kappa shape index (κ2) is 7.48. The van der Waals surface area contributed by atoms with Crippen LogP contribution >= 0.6 is 15.9 Å². The summed E-state index contributed by atoms with van der Waals surface area (Å²) >= 11 is 3.35. The van der Waals surface area contributed by atoms with Gasteiger partial charge in [-0.15, -0.1) is 0 Å². The Morgan fingerprint density at radius 3 is 2.88 bits per heavy atom. The lowest BCUT2D eigenvalue weighted by Gasteiger charge is -2.10. The monoisotopic (exact) mass is 401 g/mol. The first kappa shape index (κ1) is 17.2. The minimum absolute atomic E-state index is 0.152. The molecule has 2 aromatic carbocycles. The van der Waals surface area contributed by atoms with E-state index >= 15 is 0 Å². The Kier molecular flexibility index (Phi) is 5.14. The van der Waals surface area contributed by atoms with E-state index in [1.165, 1.54) is 10.9 Å². The predicted octanol–water partition coefficient (Wildman–Crippen LogP) is 3.20. The van der Waals surface area contributed by atoms with Gasteiger partial charge in [0.25, 0.3) is 5.56 Å². The van der Waals surface area contributed by atoms with E-state index in [1.54, 1.807) is 31.4 Å². The highest BCUT2D eigenvalue weighted by Crippen LogP contribution is 2.23. The van der Waals surface area contributed by atoms with Crippen molar-refractivity contribution in [3.05, 3.63) is 63.6 Å². The molecule has 0 fully saturated rings. The smallest absolute Gasteiger partial charge is 0.261 e. The van der Waals surface area contributed by atoms with Gasteiger partial charge in [-0.1, -0.05) is 28.1 Å². The fourth-order valence-electron chi connectivity index (χ4n) is 2.47. The highest BCUT2D eigenvalue weighted by Gasteiger charge is 2.09. The number of amides is 1. The predicted molar refractivity (Wildman–Crippen MR) is 99.9 cm³/mol. The molecule has 3 rings (SSSR count). The summed E-state index contributed by atoms with van der Waals surface area (Å²) in [6.07, 6.45) is 1.62. The van der Waals surface area contributed by atoms with Gasteiger partial charge in [-0.3, -0.25) is 14.2 Å². The van der Waals surface area contributed by atoms with Gasteiger partial charge in [-0.05, 0) is 30.3 Å². The molecule has 6 nitrogen and oxygen atoms in total. The molecule has 128 valence electrons. The van der Waals surface area contributed by atoms with Crippen molar-refractivity contribution in [1.29, 1.82) is 0 Å². The van der Waals surface area contributed by atoms with Crippen LogP contribution in [-0.2, 0) is 11.3 Å². The first-order valence-corrected chi connectivity index (χ1v) is 8.45. The minimum atomic E-state index is -0.203. The number of nitrogens with zero attached hydrogens (tertiary/aromatic N) is 2. The molecule has 0 saturated carbocycles. The van der Waals surface area contributed by atoms with Crippen LogP contribution in [0.3, 0.4) is 0 Å². The zero-order chi connectivity index (χ0) is 17.8. The second-order valence-corrected chi connectivity index (χ2v) is 6.32. The highest BCUT2D eigenvalue weighted by molar-refractivity contribution is 9.10. The van der Waals surface area contributed by atoms with Gasteiger partial charge in [-0.25, -0.2) is 4.98 Å². The Morgan fingerprint density at radius 2 is 2.08 bits per heavy atom. The maximum Gasteiger partial charge on any atom is 0.261 e. The van der Waals surface area contributed by atoms with E-state index in [0.717, 1.165) is 4.47 Å². The van der Waals surface area contributed by atoms with Crippen LogP contribution in [0.15, 0.2) is 58.1 Å². The number of carbonyl (C=O) groups excluding carboxylic acids is 1. The zero-order valence-electron chi connectivity index (χ0n) is 13.5. The first-order valence-electron chi connectivity index (χ1n) is 7.66. The van der Waals surface area contributed by atoms with E-state index in [0.29, 0.717) is 22.3 Å². The quantitative estimate of drug-likeness (QED) is 0.712. The Balaban J connectivity index is 1.73.